The molecule has 2 unspecified atom stereocenters. The first-order valence-electron chi connectivity index (χ1n) is 24.4. The van der Waals surface area contributed by atoms with Crippen LogP contribution >= 0.6 is 0 Å². The second-order valence-corrected chi connectivity index (χ2v) is 18.9. The molecule has 3 aliphatic carbocycles. The second-order valence-electron chi connectivity index (χ2n) is 18.9. The quantitative estimate of drug-likeness (QED) is 0.135. The van der Waals surface area contributed by atoms with Gasteiger partial charge in [-0.3, -0.25) is 4.99 Å². The Bertz CT molecular complexity index is 3910. The predicted molar refractivity (Wildman–Crippen MR) is 292 cm³/mol. The molecule has 2 aromatic heterocycles. The van der Waals surface area contributed by atoms with E-state index in [9.17, 15) is 0 Å². The van der Waals surface area contributed by atoms with Crippen LogP contribution in [0.4, 0.5) is 5.69 Å². The van der Waals surface area contributed by atoms with E-state index < -0.39 is 5.41 Å². The van der Waals surface area contributed by atoms with E-state index >= 15 is 0 Å². The first-order valence-corrected chi connectivity index (χ1v) is 24.4. The molecule has 1 aliphatic heterocycles. The topological polar surface area (TPSA) is 28.8 Å². The number of anilines is 1. The first-order chi connectivity index (χ1) is 34.0. The van der Waals surface area contributed by atoms with Gasteiger partial charge < -0.3 is 9.72 Å². The maximum absolute atomic E-state index is 5.53. The lowest BCUT2D eigenvalue weighted by Crippen LogP contribution is -2.29. The van der Waals surface area contributed by atoms with Crippen molar-refractivity contribution in [3.05, 3.63) is 274 Å². The zero-order valence-electron chi connectivity index (χ0n) is 39.2. The van der Waals surface area contributed by atoms with E-state index in [4.69, 9.17) is 4.99 Å². The van der Waals surface area contributed by atoms with E-state index in [2.05, 4.69) is 211 Å². The Hall–Kier alpha value is -8.27. The molecule has 10 aromatic rings. The molecule has 3 nitrogen and oxygen atoms in total. The van der Waals surface area contributed by atoms with Gasteiger partial charge in [-0.15, -0.1) is 0 Å². The van der Waals surface area contributed by atoms with Gasteiger partial charge in [0.15, 0.2) is 0 Å². The molecule has 8 aromatic carbocycles. The first kappa shape index (κ1) is 41.0. The maximum Gasteiger partial charge on any atom is 0.145 e. The fourth-order valence-corrected chi connectivity index (χ4v) is 12.4. The standard InChI is InChI=1S/C62H43N3.C4H8/c1-3-4-24-51-37(2)43-21-11-14-25-52(43)62(51)53-30-29-41(61-63-55-26-15-12-23-45(55)59(64-61)39-19-9-6-10-20-39)33-50(53)58-46-36-57-47(32-40(46)28-31-54(58)62)49-35-42(38-17-7-5-8-18-38)34-48-44-22-13-16-27-56(44)65(57)60(48)49;1-3-4-2/h3-27,29-30,32-36,61,63H,1,28,31H2,2H3;3-4H,1-2H3/b24-4-;4-3-. The zero-order chi connectivity index (χ0) is 46.4. The Morgan fingerprint density at radius 1 is 0.594 bits per heavy atom. The number of aliphatic imine (C=N–C) groups is 1. The molecule has 330 valence electrons. The summed E-state index contributed by atoms with van der Waals surface area (Å²) in [6, 6.07) is 65.4. The van der Waals surface area contributed by atoms with Crippen molar-refractivity contribution >= 4 is 60.6 Å². The summed E-state index contributed by atoms with van der Waals surface area (Å²) in [5.41, 5.74) is 25.0. The highest BCUT2D eigenvalue weighted by atomic mass is 15.1. The van der Waals surface area contributed by atoms with Crippen molar-refractivity contribution < 1.29 is 0 Å². The number of nitrogens with zero attached hydrogens (tertiary/aromatic N) is 2. The molecule has 14 rings (SSSR count). The summed E-state index contributed by atoms with van der Waals surface area (Å²) in [6.45, 7) is 10.5. The third-order valence-electron chi connectivity index (χ3n) is 15.4. The molecule has 4 aliphatic rings. The van der Waals surface area contributed by atoms with Crippen LogP contribution in [0.25, 0.3) is 60.4 Å². The third kappa shape index (κ3) is 5.90. The number of allylic oxidation sites excluding steroid dienone is 8. The molecule has 0 bridgehead atoms. The second kappa shape index (κ2) is 15.9. The van der Waals surface area contributed by atoms with Gasteiger partial charge in [-0.05, 0) is 148 Å². The van der Waals surface area contributed by atoms with Crippen LogP contribution in [0.15, 0.2) is 229 Å². The summed E-state index contributed by atoms with van der Waals surface area (Å²) in [4.78, 5) is 5.53. The molecule has 0 saturated heterocycles. The van der Waals surface area contributed by atoms with Crippen LogP contribution in [0.3, 0.4) is 0 Å². The van der Waals surface area contributed by atoms with Crippen molar-refractivity contribution in [2.75, 3.05) is 5.32 Å². The minimum atomic E-state index is -0.438. The molecule has 69 heavy (non-hydrogen) atoms. The smallest absolute Gasteiger partial charge is 0.145 e. The molecule has 0 amide bonds. The van der Waals surface area contributed by atoms with Crippen molar-refractivity contribution in [1.82, 2.24) is 4.40 Å². The van der Waals surface area contributed by atoms with Gasteiger partial charge in [-0.1, -0.05) is 170 Å². The molecule has 2 atom stereocenters. The van der Waals surface area contributed by atoms with Gasteiger partial charge in [0.25, 0.3) is 0 Å². The summed E-state index contributed by atoms with van der Waals surface area (Å²) in [7, 11) is 0. The van der Waals surface area contributed by atoms with Crippen molar-refractivity contribution in [3.8, 4) is 11.1 Å². The van der Waals surface area contributed by atoms with E-state index in [0.29, 0.717) is 0 Å². The highest BCUT2D eigenvalue weighted by Crippen LogP contribution is 2.64. The predicted octanol–water partition coefficient (Wildman–Crippen LogP) is 16.6. The SMILES string of the molecule is C/C=C\C.C=C/C=C\C1=C(C)c2ccccc2C12C1=C(c3cc4c(cc3CC1)c1cc(-c3ccccc3)cc3c5ccccc5n4c31)c1cc(C3N=C(c4ccccc4)c4ccccc4N3)ccc12. The number of para-hydroxylation sites is 2. The third-order valence-corrected chi connectivity index (χ3v) is 15.4. The zero-order valence-corrected chi connectivity index (χ0v) is 39.2. The lowest BCUT2D eigenvalue weighted by molar-refractivity contribution is 0.700. The Morgan fingerprint density at radius 2 is 1.28 bits per heavy atom. The van der Waals surface area contributed by atoms with Gasteiger partial charge >= 0.3 is 0 Å². The molecule has 3 heteroatoms. The number of hydrogen-bond donors (Lipinski definition) is 1. The van der Waals surface area contributed by atoms with E-state index in [1.54, 1.807) is 0 Å². The summed E-state index contributed by atoms with van der Waals surface area (Å²) < 4.78 is 2.55. The number of fused-ring (bicyclic) bond motifs is 15. The van der Waals surface area contributed by atoms with Gasteiger partial charge in [0.05, 0.1) is 27.7 Å². The van der Waals surface area contributed by atoms with E-state index in [-0.39, 0.29) is 6.17 Å². The lowest BCUT2D eigenvalue weighted by atomic mass is 9.66. The van der Waals surface area contributed by atoms with E-state index in [1.807, 2.05) is 32.1 Å². The van der Waals surface area contributed by atoms with Gasteiger partial charge in [-0.25, -0.2) is 0 Å². The number of nitrogens with one attached hydrogen (secondary N) is 1. The number of rotatable bonds is 5. The monoisotopic (exact) mass is 885 g/mol. The minimum Gasteiger partial charge on any atom is -0.360 e. The van der Waals surface area contributed by atoms with E-state index in [0.717, 1.165) is 40.9 Å². The normalized spacial score (nSPS) is 17.9. The van der Waals surface area contributed by atoms with Crippen molar-refractivity contribution in [2.45, 2.75) is 45.2 Å². The Balaban J connectivity index is 0.00000113. The van der Waals surface area contributed by atoms with Crippen LogP contribution in [0.2, 0.25) is 0 Å². The summed E-state index contributed by atoms with van der Waals surface area (Å²) in [5.74, 6) is 0. The largest absolute Gasteiger partial charge is 0.360 e. The minimum absolute atomic E-state index is 0.268. The Kier molecular flexibility index (Phi) is 9.46. The summed E-state index contributed by atoms with van der Waals surface area (Å²) in [6.07, 6.45) is 12.0. The molecular weight excluding hydrogens is 835 g/mol. The molecule has 0 saturated carbocycles. The van der Waals surface area contributed by atoms with Crippen LogP contribution < -0.4 is 5.32 Å². The average molecular weight is 886 g/mol. The fraction of sp³-hybridized carbons (Fsp3) is 0.106. The van der Waals surface area contributed by atoms with Crippen LogP contribution in [0.1, 0.15) is 83.4 Å². The van der Waals surface area contributed by atoms with Crippen LogP contribution in [0.5, 0.6) is 0 Å². The molecule has 1 N–H and O–H groups in total. The van der Waals surface area contributed by atoms with E-state index in [1.165, 1.54) is 105 Å². The number of benzene rings is 8. The van der Waals surface area contributed by atoms with Gasteiger partial charge in [0.1, 0.15) is 6.17 Å². The molecular formula is C66H51N3. The van der Waals surface area contributed by atoms with Crippen LogP contribution in [-0.4, -0.2) is 10.1 Å². The fourth-order valence-electron chi connectivity index (χ4n) is 12.4. The van der Waals surface area contributed by atoms with Crippen molar-refractivity contribution in [2.24, 2.45) is 4.99 Å². The molecule has 0 fully saturated rings. The highest BCUT2D eigenvalue weighted by Gasteiger charge is 2.54. The highest BCUT2D eigenvalue weighted by molar-refractivity contribution is 6.25. The number of aromatic nitrogens is 1. The Labute approximate surface area is 403 Å². The van der Waals surface area contributed by atoms with Crippen molar-refractivity contribution in [1.29, 1.82) is 0 Å². The van der Waals surface area contributed by atoms with Crippen LogP contribution in [-0.2, 0) is 11.8 Å². The number of hydrogen-bond acceptors (Lipinski definition) is 2. The van der Waals surface area contributed by atoms with Gasteiger partial charge in [0, 0.05) is 38.4 Å². The molecule has 0 radical (unpaired) electrons. The van der Waals surface area contributed by atoms with Crippen molar-refractivity contribution in [3.63, 3.8) is 0 Å². The van der Waals surface area contributed by atoms with Gasteiger partial charge in [-0.2, -0.15) is 0 Å². The van der Waals surface area contributed by atoms with Gasteiger partial charge in [0.2, 0.25) is 0 Å². The summed E-state index contributed by atoms with van der Waals surface area (Å²) in [5, 5.41) is 9.10. The average Bonchev–Trinajstić information content (AvgIpc) is 4.10. The molecule has 3 heterocycles. The maximum atomic E-state index is 5.53. The summed E-state index contributed by atoms with van der Waals surface area (Å²) >= 11 is 0. The Morgan fingerprint density at radius 3 is 2.06 bits per heavy atom. The van der Waals surface area contributed by atoms with Crippen LogP contribution in [0, 0.1) is 0 Å². The lowest BCUT2D eigenvalue weighted by Gasteiger charge is -2.35. The molecule has 1 spiro atoms. The number of aryl methyl sites for hydroxylation is 1.